The van der Waals surface area contributed by atoms with Crippen LogP contribution in [0.15, 0.2) is 34.9 Å². The number of benzene rings is 1. The first-order valence-corrected chi connectivity index (χ1v) is 8.88. The number of nitrogens with one attached hydrogen (secondary N) is 1. The topological polar surface area (TPSA) is 82.2 Å². The van der Waals surface area contributed by atoms with E-state index in [2.05, 4.69) is 15.6 Å². The van der Waals surface area contributed by atoms with Crippen molar-refractivity contribution in [3.05, 3.63) is 58.6 Å². The lowest BCUT2D eigenvalue weighted by atomic mass is 10.2. The number of hydrogen-bond donors (Lipinski definition) is 1. The minimum atomic E-state index is -0.350. The van der Waals surface area contributed by atoms with Gasteiger partial charge in [0, 0.05) is 12.1 Å². The van der Waals surface area contributed by atoms with Crippen LogP contribution in [0.4, 0.5) is 5.82 Å². The maximum atomic E-state index is 12.8. The molecule has 0 aliphatic heterocycles. The van der Waals surface area contributed by atoms with Gasteiger partial charge in [0.05, 0.1) is 11.3 Å². The van der Waals surface area contributed by atoms with Gasteiger partial charge in [-0.1, -0.05) is 23.4 Å². The highest BCUT2D eigenvalue weighted by Gasteiger charge is 2.22. The monoisotopic (exact) mass is 368 g/mol. The molecule has 0 spiro atoms. The zero-order chi connectivity index (χ0) is 19.6. The van der Waals surface area contributed by atoms with Crippen LogP contribution in [0.2, 0.25) is 0 Å². The lowest BCUT2D eigenvalue weighted by Gasteiger charge is -2.12. The van der Waals surface area contributed by atoms with Crippen molar-refractivity contribution >= 4 is 11.7 Å². The van der Waals surface area contributed by atoms with Crippen LogP contribution in [0.3, 0.4) is 0 Å². The minimum Gasteiger partial charge on any atom is -0.488 e. The quantitative estimate of drug-likeness (QED) is 0.705. The molecule has 1 amide bonds. The Labute approximate surface area is 158 Å². The van der Waals surface area contributed by atoms with Gasteiger partial charge in [-0.3, -0.25) is 4.79 Å². The van der Waals surface area contributed by atoms with Crippen LogP contribution in [0.25, 0.3) is 0 Å². The van der Waals surface area contributed by atoms with Gasteiger partial charge in [0.1, 0.15) is 23.9 Å². The number of aryl methyl sites for hydroxylation is 3. The van der Waals surface area contributed by atoms with Crippen LogP contribution in [-0.2, 0) is 6.61 Å². The van der Waals surface area contributed by atoms with Gasteiger partial charge in [-0.25, -0.2) is 4.68 Å². The maximum absolute atomic E-state index is 12.8. The van der Waals surface area contributed by atoms with Crippen molar-refractivity contribution in [1.29, 1.82) is 0 Å². The molecule has 7 nitrogen and oxygen atoms in total. The van der Waals surface area contributed by atoms with Crippen molar-refractivity contribution in [2.24, 2.45) is 0 Å². The van der Waals surface area contributed by atoms with Crippen molar-refractivity contribution in [1.82, 2.24) is 14.9 Å². The Kier molecular flexibility index (Phi) is 5.30. The van der Waals surface area contributed by atoms with E-state index in [0.717, 1.165) is 17.0 Å². The summed E-state index contributed by atoms with van der Waals surface area (Å²) in [6, 6.07) is 9.67. The normalized spacial score (nSPS) is 11.0. The fourth-order valence-corrected chi connectivity index (χ4v) is 2.79. The first-order chi connectivity index (χ1) is 12.9. The summed E-state index contributed by atoms with van der Waals surface area (Å²) in [6.45, 7) is 9.83. The summed E-state index contributed by atoms with van der Waals surface area (Å²) in [6.07, 6.45) is 0. The first kappa shape index (κ1) is 18.7. The van der Waals surface area contributed by atoms with Crippen LogP contribution in [0, 0.1) is 20.8 Å². The molecule has 27 heavy (non-hydrogen) atoms. The van der Waals surface area contributed by atoms with E-state index in [1.165, 1.54) is 0 Å². The lowest BCUT2D eigenvalue weighted by Crippen LogP contribution is -2.19. The summed E-state index contributed by atoms with van der Waals surface area (Å²) in [5.74, 6) is 1.59. The number of anilines is 1. The highest BCUT2D eigenvalue weighted by molar-refractivity contribution is 6.03. The number of aromatic nitrogens is 3. The van der Waals surface area contributed by atoms with Crippen molar-refractivity contribution < 1.29 is 14.1 Å². The van der Waals surface area contributed by atoms with Gasteiger partial charge < -0.3 is 14.6 Å². The van der Waals surface area contributed by atoms with Crippen LogP contribution >= 0.6 is 0 Å². The van der Waals surface area contributed by atoms with E-state index in [1.54, 1.807) is 11.6 Å². The van der Waals surface area contributed by atoms with E-state index in [1.807, 2.05) is 58.0 Å². The molecule has 0 aliphatic rings. The molecule has 0 saturated heterocycles. The van der Waals surface area contributed by atoms with Crippen molar-refractivity contribution in [3.8, 4) is 5.75 Å². The average Bonchev–Trinajstić information content (AvgIpc) is 3.17. The summed E-state index contributed by atoms with van der Waals surface area (Å²) in [7, 11) is 0. The Hall–Kier alpha value is -3.09. The summed E-state index contributed by atoms with van der Waals surface area (Å²) in [5, 5.41) is 11.2. The summed E-state index contributed by atoms with van der Waals surface area (Å²) in [5.41, 5.74) is 2.70. The molecule has 0 radical (unpaired) electrons. The molecule has 0 bridgehead atoms. The number of carbonyl (C=O) groups is 1. The van der Waals surface area contributed by atoms with E-state index in [0.29, 0.717) is 17.1 Å². The van der Waals surface area contributed by atoms with Gasteiger partial charge in [0.15, 0.2) is 5.69 Å². The number of nitrogens with zero attached hydrogens (tertiary/aromatic N) is 3. The smallest absolute Gasteiger partial charge is 0.279 e. The average molecular weight is 368 g/mol. The second-order valence-corrected chi connectivity index (χ2v) is 6.78. The number of rotatable bonds is 6. The third kappa shape index (κ3) is 4.02. The summed E-state index contributed by atoms with van der Waals surface area (Å²) >= 11 is 0. The fraction of sp³-hybridized carbons (Fsp3) is 0.350. The van der Waals surface area contributed by atoms with Gasteiger partial charge in [0.25, 0.3) is 5.91 Å². The molecule has 0 atom stereocenters. The Morgan fingerprint density at radius 2 is 2.00 bits per heavy atom. The highest BCUT2D eigenvalue weighted by atomic mass is 16.5. The molecule has 3 rings (SSSR count). The van der Waals surface area contributed by atoms with Crippen LogP contribution in [0.5, 0.6) is 5.75 Å². The third-order valence-electron chi connectivity index (χ3n) is 4.25. The van der Waals surface area contributed by atoms with Gasteiger partial charge >= 0.3 is 0 Å². The number of hydrogen-bond acceptors (Lipinski definition) is 5. The van der Waals surface area contributed by atoms with Crippen molar-refractivity contribution in [2.75, 3.05) is 5.32 Å². The standard InChI is InChI=1S/C20H24N4O3/c1-12(2)24-18(10-14(4)22-24)21-20(25)19-16(15(5)27-23-19)11-26-17-9-7-6-8-13(17)3/h6-10,12H,11H2,1-5H3,(H,21,25). The highest BCUT2D eigenvalue weighted by Crippen LogP contribution is 2.22. The number of para-hydroxylation sites is 1. The zero-order valence-corrected chi connectivity index (χ0v) is 16.2. The Balaban J connectivity index is 1.80. The molecule has 0 saturated carbocycles. The lowest BCUT2D eigenvalue weighted by molar-refractivity contribution is 0.101. The molecule has 3 aromatic rings. The molecule has 0 aliphatic carbocycles. The van der Waals surface area contributed by atoms with E-state index >= 15 is 0 Å². The molecular formula is C20H24N4O3. The molecule has 1 aromatic carbocycles. The second kappa shape index (κ2) is 7.65. The molecule has 0 unspecified atom stereocenters. The zero-order valence-electron chi connectivity index (χ0n) is 16.2. The SMILES string of the molecule is Cc1cc(NC(=O)c2noc(C)c2COc2ccccc2C)n(C(C)C)n1. The molecular weight excluding hydrogens is 344 g/mol. The number of ether oxygens (including phenoxy) is 1. The van der Waals surface area contributed by atoms with Gasteiger partial charge in [0.2, 0.25) is 0 Å². The van der Waals surface area contributed by atoms with Crippen molar-refractivity contribution in [3.63, 3.8) is 0 Å². The third-order valence-corrected chi connectivity index (χ3v) is 4.25. The van der Waals surface area contributed by atoms with Crippen LogP contribution in [0.1, 0.15) is 53.0 Å². The van der Waals surface area contributed by atoms with Crippen molar-refractivity contribution in [2.45, 2.75) is 47.3 Å². The Morgan fingerprint density at radius 3 is 2.70 bits per heavy atom. The fourth-order valence-electron chi connectivity index (χ4n) is 2.79. The largest absolute Gasteiger partial charge is 0.488 e. The minimum absolute atomic E-state index is 0.122. The Morgan fingerprint density at radius 1 is 1.26 bits per heavy atom. The van der Waals surface area contributed by atoms with Gasteiger partial charge in [-0.2, -0.15) is 5.10 Å². The predicted molar refractivity (Wildman–Crippen MR) is 102 cm³/mol. The summed E-state index contributed by atoms with van der Waals surface area (Å²) < 4.78 is 12.9. The predicted octanol–water partition coefficient (Wildman–Crippen LogP) is 4.21. The second-order valence-electron chi connectivity index (χ2n) is 6.78. The number of amides is 1. The molecule has 1 N–H and O–H groups in total. The maximum Gasteiger partial charge on any atom is 0.279 e. The Bertz CT molecular complexity index is 956. The molecule has 2 heterocycles. The summed E-state index contributed by atoms with van der Waals surface area (Å²) in [4.78, 5) is 12.8. The molecule has 2 aromatic heterocycles. The van der Waals surface area contributed by atoms with E-state index in [4.69, 9.17) is 9.26 Å². The molecule has 142 valence electrons. The molecule has 0 fully saturated rings. The van der Waals surface area contributed by atoms with Crippen LogP contribution in [-0.4, -0.2) is 20.8 Å². The van der Waals surface area contributed by atoms with Crippen LogP contribution < -0.4 is 10.1 Å². The van der Waals surface area contributed by atoms with Gasteiger partial charge in [-0.15, -0.1) is 0 Å². The van der Waals surface area contributed by atoms with E-state index < -0.39 is 0 Å². The van der Waals surface area contributed by atoms with E-state index in [-0.39, 0.29) is 24.2 Å². The first-order valence-electron chi connectivity index (χ1n) is 8.88. The van der Waals surface area contributed by atoms with E-state index in [9.17, 15) is 4.79 Å². The number of carbonyl (C=O) groups excluding carboxylic acids is 1. The molecule has 7 heteroatoms. The van der Waals surface area contributed by atoms with Gasteiger partial charge in [-0.05, 0) is 46.2 Å².